The van der Waals surface area contributed by atoms with E-state index in [-0.39, 0.29) is 17.0 Å². The van der Waals surface area contributed by atoms with Crippen LogP contribution in [-0.4, -0.2) is 63.4 Å². The summed E-state index contributed by atoms with van der Waals surface area (Å²) >= 11 is 0. The Hall–Kier alpha value is -2.56. The number of nitrogens with zero attached hydrogens (tertiary/aromatic N) is 6. The zero-order valence-electron chi connectivity index (χ0n) is 15.3. The van der Waals surface area contributed by atoms with Gasteiger partial charge in [0.1, 0.15) is 11.8 Å². The van der Waals surface area contributed by atoms with Crippen molar-refractivity contribution in [2.75, 3.05) is 37.8 Å². The van der Waals surface area contributed by atoms with E-state index in [2.05, 4.69) is 20.0 Å². The molecule has 154 valence electrons. The number of halogens is 5. The van der Waals surface area contributed by atoms with E-state index < -0.39 is 35.3 Å². The van der Waals surface area contributed by atoms with Crippen LogP contribution >= 0.6 is 0 Å². The molecule has 2 aliphatic heterocycles. The molecule has 0 amide bonds. The molecule has 4 heterocycles. The third-order valence-electron chi connectivity index (χ3n) is 5.80. The molecule has 6 nitrogen and oxygen atoms in total. The number of benzene rings is 1. The van der Waals surface area contributed by atoms with Gasteiger partial charge in [-0.2, -0.15) is 18.4 Å². The number of fused-ring (bicyclic) bond motifs is 4. The zero-order chi connectivity index (χ0) is 20.3. The van der Waals surface area contributed by atoms with Gasteiger partial charge in [-0.15, -0.1) is 0 Å². The molecule has 0 spiro atoms. The van der Waals surface area contributed by atoms with Gasteiger partial charge in [0.2, 0.25) is 5.95 Å². The fourth-order valence-corrected chi connectivity index (χ4v) is 4.33. The van der Waals surface area contributed by atoms with Crippen molar-refractivity contribution in [1.82, 2.24) is 24.5 Å². The van der Waals surface area contributed by atoms with Gasteiger partial charge >= 0.3 is 5.92 Å². The number of rotatable bonds is 3. The molecule has 5 rings (SSSR count). The lowest BCUT2D eigenvalue weighted by Crippen LogP contribution is -2.51. The lowest BCUT2D eigenvalue weighted by atomic mass is 10.0. The van der Waals surface area contributed by atoms with E-state index in [0.29, 0.717) is 25.2 Å². The van der Waals surface area contributed by atoms with Crippen molar-refractivity contribution in [3.05, 3.63) is 29.6 Å². The van der Waals surface area contributed by atoms with Crippen LogP contribution in [0.4, 0.5) is 27.9 Å². The number of anilines is 1. The van der Waals surface area contributed by atoms with Gasteiger partial charge in [-0.05, 0) is 25.5 Å². The summed E-state index contributed by atoms with van der Waals surface area (Å²) in [6, 6.07) is 1.05. The Balaban J connectivity index is 1.70. The van der Waals surface area contributed by atoms with Crippen molar-refractivity contribution in [2.24, 2.45) is 0 Å². The van der Waals surface area contributed by atoms with E-state index in [4.69, 9.17) is 0 Å². The maximum Gasteiger partial charge on any atom is 0.303 e. The molecule has 0 N–H and O–H groups in total. The maximum atomic E-state index is 14.7. The highest BCUT2D eigenvalue weighted by Crippen LogP contribution is 2.36. The first kappa shape index (κ1) is 18.5. The van der Waals surface area contributed by atoms with Crippen molar-refractivity contribution in [2.45, 2.75) is 24.8 Å². The van der Waals surface area contributed by atoms with Crippen molar-refractivity contribution in [3.8, 4) is 0 Å². The standard InChI is InChI=1S/C18H17F5N6/c19-8-18(22,23)12-6-11-15(14(21)13(12)20)26-17(29-16(11)24-9-25-29)28-5-4-27-3-1-2-10(27)7-28/h6,9-10H,1-5,7-8H2. The fourth-order valence-electron chi connectivity index (χ4n) is 4.33. The second-order valence-corrected chi connectivity index (χ2v) is 7.47. The Morgan fingerprint density at radius 2 is 1.97 bits per heavy atom. The average Bonchev–Trinajstić information content (AvgIpc) is 3.38. The van der Waals surface area contributed by atoms with E-state index in [9.17, 15) is 22.0 Å². The van der Waals surface area contributed by atoms with Crippen LogP contribution in [0.2, 0.25) is 0 Å². The molecule has 2 fully saturated rings. The molecule has 0 radical (unpaired) electrons. The van der Waals surface area contributed by atoms with Gasteiger partial charge in [-0.25, -0.2) is 23.1 Å². The molecule has 29 heavy (non-hydrogen) atoms. The summed E-state index contributed by atoms with van der Waals surface area (Å²) in [5.74, 6) is -7.23. The predicted octanol–water partition coefficient (Wildman–Crippen LogP) is 2.90. The molecule has 0 aliphatic carbocycles. The van der Waals surface area contributed by atoms with Crippen molar-refractivity contribution < 1.29 is 22.0 Å². The number of hydrogen-bond donors (Lipinski definition) is 0. The van der Waals surface area contributed by atoms with E-state index in [1.54, 1.807) is 0 Å². The minimum Gasteiger partial charge on any atom is -0.338 e. The molecule has 2 aromatic heterocycles. The Bertz CT molecular complexity index is 1100. The second kappa shape index (κ2) is 6.48. The van der Waals surface area contributed by atoms with Crippen LogP contribution < -0.4 is 4.90 Å². The SMILES string of the molecule is FCC(F)(F)c1cc2c(nc(N3CCN4CCCC4C3)n3ncnc23)c(F)c1F. The summed E-state index contributed by atoms with van der Waals surface area (Å²) in [7, 11) is 0. The van der Waals surface area contributed by atoms with E-state index in [1.165, 1.54) is 10.8 Å². The van der Waals surface area contributed by atoms with E-state index >= 15 is 0 Å². The van der Waals surface area contributed by atoms with Crippen molar-refractivity contribution >= 4 is 22.5 Å². The van der Waals surface area contributed by atoms with Gasteiger partial charge in [-0.1, -0.05) is 0 Å². The fraction of sp³-hybridized carbons (Fsp3) is 0.500. The Morgan fingerprint density at radius 3 is 2.76 bits per heavy atom. The molecular formula is C18H17F5N6. The lowest BCUT2D eigenvalue weighted by Gasteiger charge is -2.37. The summed E-state index contributed by atoms with van der Waals surface area (Å²) in [6.45, 7) is 0.962. The van der Waals surface area contributed by atoms with E-state index in [1.807, 2.05) is 4.90 Å². The highest BCUT2D eigenvalue weighted by Gasteiger charge is 2.38. The first-order valence-corrected chi connectivity index (χ1v) is 9.35. The number of aromatic nitrogens is 4. The second-order valence-electron chi connectivity index (χ2n) is 7.47. The van der Waals surface area contributed by atoms with Crippen LogP contribution in [0.3, 0.4) is 0 Å². The zero-order valence-corrected chi connectivity index (χ0v) is 15.3. The smallest absolute Gasteiger partial charge is 0.303 e. The first-order chi connectivity index (χ1) is 13.9. The number of piperazine rings is 1. The molecule has 0 saturated carbocycles. The van der Waals surface area contributed by atoms with Gasteiger partial charge in [0.05, 0.1) is 5.56 Å². The highest BCUT2D eigenvalue weighted by atomic mass is 19.3. The molecule has 2 aliphatic rings. The Morgan fingerprint density at radius 1 is 1.14 bits per heavy atom. The normalized spacial score (nSPS) is 20.7. The Labute approximate surface area is 161 Å². The van der Waals surface area contributed by atoms with Gasteiger partial charge in [0, 0.05) is 31.1 Å². The minimum atomic E-state index is -4.16. The lowest BCUT2D eigenvalue weighted by molar-refractivity contribution is -0.0315. The van der Waals surface area contributed by atoms with Gasteiger partial charge in [-0.3, -0.25) is 4.90 Å². The summed E-state index contributed by atoms with van der Waals surface area (Å²) in [5, 5.41) is 3.96. The van der Waals surface area contributed by atoms with Gasteiger partial charge in [0.15, 0.2) is 24.0 Å². The topological polar surface area (TPSA) is 49.6 Å². The van der Waals surface area contributed by atoms with Crippen LogP contribution in [0.1, 0.15) is 18.4 Å². The third-order valence-corrected chi connectivity index (χ3v) is 5.80. The maximum absolute atomic E-state index is 14.7. The summed E-state index contributed by atoms with van der Waals surface area (Å²) < 4.78 is 70.8. The molecule has 0 bridgehead atoms. The average molecular weight is 412 g/mol. The predicted molar refractivity (Wildman–Crippen MR) is 94.9 cm³/mol. The molecule has 11 heteroatoms. The largest absolute Gasteiger partial charge is 0.338 e. The minimum absolute atomic E-state index is 0.0636. The van der Waals surface area contributed by atoms with Crippen LogP contribution in [0.15, 0.2) is 12.4 Å². The van der Waals surface area contributed by atoms with Crippen LogP contribution in [-0.2, 0) is 5.92 Å². The van der Waals surface area contributed by atoms with Crippen molar-refractivity contribution in [1.29, 1.82) is 0 Å². The van der Waals surface area contributed by atoms with Crippen LogP contribution in [0, 0.1) is 11.6 Å². The number of hydrogen-bond acceptors (Lipinski definition) is 5. The summed E-state index contributed by atoms with van der Waals surface area (Å²) in [5.41, 5.74) is -1.72. The third kappa shape index (κ3) is 2.74. The molecular weight excluding hydrogens is 395 g/mol. The summed E-state index contributed by atoms with van der Waals surface area (Å²) in [6.07, 6.45) is 3.34. The van der Waals surface area contributed by atoms with E-state index in [0.717, 1.165) is 25.9 Å². The number of alkyl halides is 3. The van der Waals surface area contributed by atoms with Crippen molar-refractivity contribution in [3.63, 3.8) is 0 Å². The highest BCUT2D eigenvalue weighted by molar-refractivity contribution is 5.93. The quantitative estimate of drug-likeness (QED) is 0.620. The molecule has 1 atom stereocenters. The molecule has 1 unspecified atom stereocenters. The van der Waals surface area contributed by atoms with Gasteiger partial charge < -0.3 is 4.90 Å². The first-order valence-electron chi connectivity index (χ1n) is 9.35. The monoisotopic (exact) mass is 412 g/mol. The van der Waals surface area contributed by atoms with Crippen LogP contribution in [0.25, 0.3) is 16.6 Å². The molecule has 2 saturated heterocycles. The van der Waals surface area contributed by atoms with Gasteiger partial charge in [0.25, 0.3) is 0 Å². The molecule has 3 aromatic rings. The van der Waals surface area contributed by atoms with Crippen LogP contribution in [0.5, 0.6) is 0 Å². The Kier molecular flexibility index (Phi) is 4.12. The summed E-state index contributed by atoms with van der Waals surface area (Å²) in [4.78, 5) is 12.6. The molecule has 1 aromatic carbocycles.